The van der Waals surface area contributed by atoms with E-state index in [1.165, 1.54) is 0 Å². The first-order chi connectivity index (χ1) is 8.29. The van der Waals surface area contributed by atoms with Crippen LogP contribution in [0, 0.1) is 0 Å². The minimum Gasteiger partial charge on any atom is -0.492 e. The normalized spacial score (nSPS) is 11.7. The summed E-state index contributed by atoms with van der Waals surface area (Å²) in [4.78, 5) is 0. The molecule has 2 nitrogen and oxygen atoms in total. The summed E-state index contributed by atoms with van der Waals surface area (Å²) in [5, 5.41) is 4.56. The van der Waals surface area contributed by atoms with E-state index >= 15 is 0 Å². The van der Waals surface area contributed by atoms with E-state index in [1.807, 2.05) is 0 Å². The van der Waals surface area contributed by atoms with Crippen molar-refractivity contribution in [3.05, 3.63) is 26.7 Å². The zero-order valence-electron chi connectivity index (χ0n) is 10.8. The number of nitrogens with one attached hydrogen (secondary N) is 1. The van der Waals surface area contributed by atoms with Gasteiger partial charge in [0.2, 0.25) is 0 Å². The number of hydrogen-bond donors (Lipinski definition) is 1. The first kappa shape index (κ1) is 16.1. The van der Waals surface area contributed by atoms with Crippen LogP contribution in [0.15, 0.2) is 16.6 Å². The average Bonchev–Trinajstić information content (AvgIpc) is 2.23. The van der Waals surface area contributed by atoms with Crippen molar-refractivity contribution >= 4 is 39.1 Å². The maximum atomic E-state index is 6.06. The van der Waals surface area contributed by atoms with Crippen molar-refractivity contribution in [1.82, 2.24) is 5.32 Å². The predicted octanol–water partition coefficient (Wildman–Crippen LogP) is 4.91. The topological polar surface area (TPSA) is 21.3 Å². The Balaban J connectivity index is 2.38. The quantitative estimate of drug-likeness (QED) is 0.599. The highest BCUT2D eigenvalue weighted by atomic mass is 79.9. The van der Waals surface area contributed by atoms with Crippen LogP contribution in [0.5, 0.6) is 5.75 Å². The van der Waals surface area contributed by atoms with Crippen molar-refractivity contribution in [2.24, 2.45) is 0 Å². The van der Waals surface area contributed by atoms with Gasteiger partial charge < -0.3 is 10.1 Å². The lowest BCUT2D eigenvalue weighted by molar-refractivity contribution is 0.298. The van der Waals surface area contributed by atoms with E-state index in [0.717, 1.165) is 17.4 Å². The van der Waals surface area contributed by atoms with Crippen LogP contribution in [0.1, 0.15) is 27.2 Å². The summed E-state index contributed by atoms with van der Waals surface area (Å²) in [7, 11) is 0. The summed E-state index contributed by atoms with van der Waals surface area (Å²) >= 11 is 15.4. The Morgan fingerprint density at radius 2 is 1.89 bits per heavy atom. The smallest absolute Gasteiger partial charge is 0.139 e. The Morgan fingerprint density at radius 3 is 2.50 bits per heavy atom. The standard InChI is InChI=1S/C13H18BrCl2NO/c1-13(2,3)17-5-4-6-18-12-8-10(15)9(14)7-11(12)16/h7-8,17H,4-6H2,1-3H3. The number of benzene rings is 1. The maximum Gasteiger partial charge on any atom is 0.139 e. The summed E-state index contributed by atoms with van der Waals surface area (Å²) < 4.78 is 6.38. The van der Waals surface area contributed by atoms with Crippen LogP contribution >= 0.6 is 39.1 Å². The molecule has 0 aliphatic rings. The Labute approximate surface area is 127 Å². The molecular weight excluding hydrogens is 337 g/mol. The van der Waals surface area contributed by atoms with Crippen LogP contribution in [-0.2, 0) is 0 Å². The SMILES string of the molecule is CC(C)(C)NCCCOc1cc(Cl)c(Br)cc1Cl. The van der Waals surface area contributed by atoms with Gasteiger partial charge in [0, 0.05) is 16.1 Å². The molecule has 0 aliphatic carbocycles. The fourth-order valence-electron chi connectivity index (χ4n) is 1.33. The molecule has 0 bridgehead atoms. The lowest BCUT2D eigenvalue weighted by Crippen LogP contribution is -2.36. The molecule has 1 aromatic carbocycles. The van der Waals surface area contributed by atoms with Crippen LogP contribution in [0.4, 0.5) is 0 Å². The molecule has 0 spiro atoms. The van der Waals surface area contributed by atoms with Gasteiger partial charge in [0.25, 0.3) is 0 Å². The van der Waals surface area contributed by atoms with Crippen molar-refractivity contribution in [3.8, 4) is 5.75 Å². The molecule has 0 atom stereocenters. The Kier molecular flexibility index (Phi) is 6.25. The van der Waals surface area contributed by atoms with Gasteiger partial charge in [-0.3, -0.25) is 0 Å². The number of hydrogen-bond acceptors (Lipinski definition) is 2. The molecule has 1 N–H and O–H groups in total. The molecule has 0 amide bonds. The van der Waals surface area contributed by atoms with Crippen molar-refractivity contribution in [3.63, 3.8) is 0 Å². The van der Waals surface area contributed by atoms with Crippen molar-refractivity contribution in [1.29, 1.82) is 0 Å². The second-order valence-corrected chi connectivity index (χ2v) is 6.74. The molecule has 5 heteroatoms. The molecule has 0 unspecified atom stereocenters. The van der Waals surface area contributed by atoms with Crippen LogP contribution in [0.3, 0.4) is 0 Å². The highest BCUT2D eigenvalue weighted by Crippen LogP contribution is 2.34. The Morgan fingerprint density at radius 1 is 1.22 bits per heavy atom. The lowest BCUT2D eigenvalue weighted by atomic mass is 10.1. The van der Waals surface area contributed by atoms with Gasteiger partial charge >= 0.3 is 0 Å². The van der Waals surface area contributed by atoms with E-state index in [9.17, 15) is 0 Å². The van der Waals surface area contributed by atoms with Crippen LogP contribution in [0.25, 0.3) is 0 Å². The van der Waals surface area contributed by atoms with E-state index in [2.05, 4.69) is 42.0 Å². The van der Waals surface area contributed by atoms with E-state index < -0.39 is 0 Å². The number of ether oxygens (including phenoxy) is 1. The highest BCUT2D eigenvalue weighted by Gasteiger charge is 2.08. The summed E-state index contributed by atoms with van der Waals surface area (Å²) in [5.41, 5.74) is 0.137. The second-order valence-electron chi connectivity index (χ2n) is 5.08. The third kappa shape index (κ3) is 5.79. The molecule has 1 aromatic rings. The minimum absolute atomic E-state index is 0.137. The molecule has 0 saturated heterocycles. The second kappa shape index (κ2) is 6.99. The van der Waals surface area contributed by atoms with Crippen molar-refractivity contribution in [2.45, 2.75) is 32.7 Å². The summed E-state index contributed by atoms with van der Waals surface area (Å²) in [6, 6.07) is 3.47. The highest BCUT2D eigenvalue weighted by molar-refractivity contribution is 9.10. The van der Waals surface area contributed by atoms with E-state index in [0.29, 0.717) is 22.4 Å². The molecule has 1 rings (SSSR count). The van der Waals surface area contributed by atoms with Gasteiger partial charge in [-0.1, -0.05) is 23.2 Å². The minimum atomic E-state index is 0.137. The monoisotopic (exact) mass is 353 g/mol. The molecule has 0 heterocycles. The van der Waals surface area contributed by atoms with Gasteiger partial charge in [-0.2, -0.15) is 0 Å². The Hall–Kier alpha value is 0.0400. The molecule has 0 saturated carbocycles. The van der Waals surface area contributed by atoms with Gasteiger partial charge in [-0.15, -0.1) is 0 Å². The van der Waals surface area contributed by atoms with Crippen molar-refractivity contribution in [2.75, 3.05) is 13.2 Å². The number of halogens is 3. The predicted molar refractivity (Wildman–Crippen MR) is 82.0 cm³/mol. The summed E-state index contributed by atoms with van der Waals surface area (Å²) in [6.07, 6.45) is 0.918. The number of rotatable bonds is 5. The zero-order chi connectivity index (χ0) is 13.8. The molecular formula is C13H18BrCl2NO. The van der Waals surface area contributed by atoms with Gasteiger partial charge in [0.1, 0.15) is 5.75 Å². The van der Waals surface area contributed by atoms with Gasteiger partial charge in [-0.05, 0) is 55.7 Å². The van der Waals surface area contributed by atoms with E-state index in [4.69, 9.17) is 27.9 Å². The van der Waals surface area contributed by atoms with Crippen LogP contribution in [0.2, 0.25) is 10.0 Å². The largest absolute Gasteiger partial charge is 0.492 e. The van der Waals surface area contributed by atoms with Crippen molar-refractivity contribution < 1.29 is 4.74 Å². The molecule has 102 valence electrons. The zero-order valence-corrected chi connectivity index (χ0v) is 13.9. The third-order valence-electron chi connectivity index (χ3n) is 2.21. The molecule has 18 heavy (non-hydrogen) atoms. The van der Waals surface area contributed by atoms with Crippen LogP contribution in [-0.4, -0.2) is 18.7 Å². The fraction of sp³-hybridized carbons (Fsp3) is 0.538. The van der Waals surface area contributed by atoms with Gasteiger partial charge in [0.15, 0.2) is 0 Å². The molecule has 0 radical (unpaired) electrons. The third-order valence-corrected chi connectivity index (χ3v) is 3.70. The summed E-state index contributed by atoms with van der Waals surface area (Å²) in [6.45, 7) is 7.93. The van der Waals surface area contributed by atoms with E-state index in [-0.39, 0.29) is 5.54 Å². The molecule has 0 aliphatic heterocycles. The first-order valence-corrected chi connectivity index (χ1v) is 7.37. The van der Waals surface area contributed by atoms with E-state index in [1.54, 1.807) is 12.1 Å². The first-order valence-electron chi connectivity index (χ1n) is 5.82. The summed E-state index contributed by atoms with van der Waals surface area (Å²) in [5.74, 6) is 0.626. The lowest BCUT2D eigenvalue weighted by Gasteiger charge is -2.20. The fourth-order valence-corrected chi connectivity index (χ4v) is 2.18. The maximum absolute atomic E-state index is 6.06. The van der Waals surface area contributed by atoms with Gasteiger partial charge in [-0.25, -0.2) is 0 Å². The van der Waals surface area contributed by atoms with Gasteiger partial charge in [0.05, 0.1) is 16.7 Å². The Bertz CT molecular complexity index is 405. The van der Waals surface area contributed by atoms with Crippen LogP contribution < -0.4 is 10.1 Å². The average molecular weight is 355 g/mol. The molecule has 0 fully saturated rings. The molecule has 0 aromatic heterocycles.